The zero-order chi connectivity index (χ0) is 22.5. The average molecular weight is 457 g/mol. The highest BCUT2D eigenvalue weighted by Crippen LogP contribution is 2.39. The van der Waals surface area contributed by atoms with Gasteiger partial charge in [0, 0.05) is 42.9 Å². The largest absolute Gasteiger partial charge is 0.353 e. The standard InChI is InChI=1S/C25H36N4O2S/c1-17-7-8-20-21(16-26)25(32-22(20)15-17)28-23(30)11-14-29-12-9-19(10-13-29)27-24(31)18-5-3-2-4-6-18/h17-19H,2-15H2,1H3,(H,27,31)(H,28,30). The fraction of sp³-hybridized carbons (Fsp3) is 0.720. The number of nitriles is 1. The first kappa shape index (κ1) is 23.3. The second-order valence-corrected chi connectivity index (χ2v) is 11.0. The molecule has 1 aromatic heterocycles. The molecule has 7 heteroatoms. The van der Waals surface area contributed by atoms with E-state index >= 15 is 0 Å². The number of carbonyl (C=O) groups excluding carboxylic acids is 2. The van der Waals surface area contributed by atoms with Gasteiger partial charge in [0.2, 0.25) is 11.8 Å². The number of nitrogens with zero attached hydrogens (tertiary/aromatic N) is 2. The summed E-state index contributed by atoms with van der Waals surface area (Å²) >= 11 is 1.59. The van der Waals surface area contributed by atoms with Crippen molar-refractivity contribution in [2.75, 3.05) is 25.0 Å². The Hall–Kier alpha value is -1.91. The number of rotatable bonds is 6. The number of fused-ring (bicyclic) bond motifs is 1. The van der Waals surface area contributed by atoms with Crippen LogP contribution in [-0.2, 0) is 22.4 Å². The molecule has 1 unspecified atom stereocenters. The Labute approximate surface area is 195 Å². The number of hydrogen-bond acceptors (Lipinski definition) is 5. The molecular weight excluding hydrogens is 420 g/mol. The summed E-state index contributed by atoms with van der Waals surface area (Å²) < 4.78 is 0. The number of hydrogen-bond donors (Lipinski definition) is 2. The lowest BCUT2D eigenvalue weighted by atomic mass is 9.88. The summed E-state index contributed by atoms with van der Waals surface area (Å²) in [5.41, 5.74) is 1.84. The van der Waals surface area contributed by atoms with Crippen LogP contribution in [0, 0.1) is 23.2 Å². The molecule has 0 spiro atoms. The normalized spacial score (nSPS) is 22.7. The SMILES string of the molecule is CC1CCc2c(sc(NC(=O)CCN3CCC(NC(=O)C4CCCCC4)CC3)c2C#N)C1. The van der Waals surface area contributed by atoms with Gasteiger partial charge in [-0.1, -0.05) is 26.2 Å². The topological polar surface area (TPSA) is 85.2 Å². The molecule has 2 heterocycles. The van der Waals surface area contributed by atoms with Gasteiger partial charge in [-0.3, -0.25) is 9.59 Å². The molecule has 1 aromatic rings. The minimum absolute atomic E-state index is 0.0131. The van der Waals surface area contributed by atoms with Gasteiger partial charge < -0.3 is 15.5 Å². The Bertz CT molecular complexity index is 860. The smallest absolute Gasteiger partial charge is 0.226 e. The summed E-state index contributed by atoms with van der Waals surface area (Å²) in [5, 5.41) is 16.6. The van der Waals surface area contributed by atoms with Crippen LogP contribution in [0.3, 0.4) is 0 Å². The van der Waals surface area contributed by atoms with E-state index in [-0.39, 0.29) is 23.8 Å². The average Bonchev–Trinajstić information content (AvgIpc) is 3.14. The van der Waals surface area contributed by atoms with Gasteiger partial charge >= 0.3 is 0 Å². The minimum atomic E-state index is -0.0131. The molecule has 1 saturated carbocycles. The first-order valence-corrected chi connectivity index (χ1v) is 13.2. The van der Waals surface area contributed by atoms with Crippen LogP contribution in [0.5, 0.6) is 0 Å². The fourth-order valence-electron chi connectivity index (χ4n) is 5.39. The minimum Gasteiger partial charge on any atom is -0.353 e. The molecule has 0 radical (unpaired) electrons. The Morgan fingerprint density at radius 2 is 1.88 bits per heavy atom. The number of likely N-dealkylation sites (tertiary alicyclic amines) is 1. The molecule has 3 aliphatic rings. The van der Waals surface area contributed by atoms with E-state index in [4.69, 9.17) is 0 Å². The second kappa shape index (κ2) is 10.8. The van der Waals surface area contributed by atoms with E-state index in [1.54, 1.807) is 11.3 Å². The van der Waals surface area contributed by atoms with Crippen molar-refractivity contribution in [2.24, 2.45) is 11.8 Å². The molecule has 2 aliphatic carbocycles. The van der Waals surface area contributed by atoms with E-state index in [0.717, 1.165) is 75.1 Å². The highest BCUT2D eigenvalue weighted by molar-refractivity contribution is 7.16. The maximum absolute atomic E-state index is 12.6. The van der Waals surface area contributed by atoms with Gasteiger partial charge in [-0.2, -0.15) is 5.26 Å². The zero-order valence-electron chi connectivity index (χ0n) is 19.3. The summed E-state index contributed by atoms with van der Waals surface area (Å²) in [7, 11) is 0. The molecule has 2 amide bonds. The molecule has 4 rings (SSSR count). The van der Waals surface area contributed by atoms with Crippen LogP contribution in [-0.4, -0.2) is 42.4 Å². The van der Waals surface area contributed by atoms with Gasteiger partial charge in [0.25, 0.3) is 0 Å². The monoisotopic (exact) mass is 456 g/mol. The molecule has 0 bridgehead atoms. The quantitative estimate of drug-likeness (QED) is 0.671. The number of piperidine rings is 1. The van der Waals surface area contributed by atoms with Crippen molar-refractivity contribution >= 4 is 28.2 Å². The van der Waals surface area contributed by atoms with Crippen LogP contribution in [0.1, 0.15) is 80.7 Å². The third kappa shape index (κ3) is 5.71. The van der Waals surface area contributed by atoms with Crippen molar-refractivity contribution in [1.29, 1.82) is 5.26 Å². The lowest BCUT2D eigenvalue weighted by molar-refractivity contribution is -0.127. The summed E-state index contributed by atoms with van der Waals surface area (Å²) in [5.74, 6) is 1.10. The predicted molar refractivity (Wildman–Crippen MR) is 128 cm³/mol. The Kier molecular flexibility index (Phi) is 7.85. The highest BCUT2D eigenvalue weighted by Gasteiger charge is 2.27. The van der Waals surface area contributed by atoms with E-state index in [0.29, 0.717) is 17.9 Å². The van der Waals surface area contributed by atoms with Gasteiger partial charge in [-0.25, -0.2) is 0 Å². The van der Waals surface area contributed by atoms with Crippen molar-refractivity contribution in [3.63, 3.8) is 0 Å². The molecule has 1 atom stereocenters. The number of amides is 2. The van der Waals surface area contributed by atoms with Crippen LogP contribution in [0.2, 0.25) is 0 Å². The highest BCUT2D eigenvalue weighted by atomic mass is 32.1. The van der Waals surface area contributed by atoms with Gasteiger partial charge in [0.15, 0.2) is 0 Å². The summed E-state index contributed by atoms with van der Waals surface area (Å²) in [4.78, 5) is 28.7. The summed E-state index contributed by atoms with van der Waals surface area (Å²) in [6.45, 7) is 4.80. The lowest BCUT2D eigenvalue weighted by Crippen LogP contribution is -2.47. The van der Waals surface area contributed by atoms with E-state index in [1.807, 2.05) is 0 Å². The molecule has 1 saturated heterocycles. The number of thiophene rings is 1. The van der Waals surface area contributed by atoms with Gasteiger partial charge in [0.1, 0.15) is 11.1 Å². The maximum atomic E-state index is 12.6. The number of nitrogens with one attached hydrogen (secondary N) is 2. The molecule has 6 nitrogen and oxygen atoms in total. The first-order valence-electron chi connectivity index (χ1n) is 12.4. The van der Waals surface area contributed by atoms with Crippen molar-refractivity contribution in [3.05, 3.63) is 16.0 Å². The Morgan fingerprint density at radius 3 is 2.59 bits per heavy atom. The molecule has 2 N–H and O–H groups in total. The Balaban J connectivity index is 1.20. The van der Waals surface area contributed by atoms with Gasteiger partial charge in [-0.15, -0.1) is 11.3 Å². The lowest BCUT2D eigenvalue weighted by Gasteiger charge is -2.33. The summed E-state index contributed by atoms with van der Waals surface area (Å²) in [6, 6.07) is 2.59. The van der Waals surface area contributed by atoms with Crippen LogP contribution < -0.4 is 10.6 Å². The van der Waals surface area contributed by atoms with E-state index < -0.39 is 0 Å². The third-order valence-corrected chi connectivity index (χ3v) is 8.61. The fourth-order valence-corrected chi connectivity index (χ4v) is 6.77. The van der Waals surface area contributed by atoms with Crippen LogP contribution in [0.15, 0.2) is 0 Å². The number of carbonyl (C=O) groups is 2. The molecule has 0 aromatic carbocycles. The van der Waals surface area contributed by atoms with Gasteiger partial charge in [0.05, 0.1) is 5.56 Å². The van der Waals surface area contributed by atoms with Crippen molar-refractivity contribution in [2.45, 2.75) is 83.6 Å². The predicted octanol–water partition coefficient (Wildman–Crippen LogP) is 4.23. The summed E-state index contributed by atoms with van der Waals surface area (Å²) in [6.07, 6.45) is 11.1. The van der Waals surface area contributed by atoms with Gasteiger partial charge in [-0.05, 0) is 56.4 Å². The van der Waals surface area contributed by atoms with Crippen LogP contribution in [0.4, 0.5) is 5.00 Å². The van der Waals surface area contributed by atoms with E-state index in [1.165, 1.54) is 24.1 Å². The molecule has 1 aliphatic heterocycles. The third-order valence-electron chi connectivity index (χ3n) is 7.44. The van der Waals surface area contributed by atoms with Crippen molar-refractivity contribution in [3.8, 4) is 6.07 Å². The van der Waals surface area contributed by atoms with Crippen molar-refractivity contribution < 1.29 is 9.59 Å². The molecular formula is C25H36N4O2S. The Morgan fingerprint density at radius 1 is 1.12 bits per heavy atom. The zero-order valence-corrected chi connectivity index (χ0v) is 20.1. The first-order chi connectivity index (χ1) is 15.5. The molecule has 2 fully saturated rings. The van der Waals surface area contributed by atoms with Crippen LogP contribution >= 0.6 is 11.3 Å². The maximum Gasteiger partial charge on any atom is 0.226 e. The van der Waals surface area contributed by atoms with E-state index in [9.17, 15) is 14.9 Å². The van der Waals surface area contributed by atoms with Crippen molar-refractivity contribution in [1.82, 2.24) is 10.2 Å². The molecule has 32 heavy (non-hydrogen) atoms. The second-order valence-electron chi connectivity index (χ2n) is 9.93. The molecule has 174 valence electrons. The number of anilines is 1. The van der Waals surface area contributed by atoms with Crippen LogP contribution in [0.25, 0.3) is 0 Å². The van der Waals surface area contributed by atoms with E-state index in [2.05, 4.69) is 28.5 Å².